The van der Waals surface area contributed by atoms with Gasteiger partial charge < -0.3 is 10.2 Å². The topological polar surface area (TPSA) is 116 Å². The Morgan fingerprint density at radius 2 is 1.77 bits per heavy atom. The van der Waals surface area contributed by atoms with E-state index in [-0.39, 0.29) is 22.4 Å². The van der Waals surface area contributed by atoms with Gasteiger partial charge in [-0.15, -0.1) is 0 Å². The van der Waals surface area contributed by atoms with E-state index in [0.717, 1.165) is 11.1 Å². The maximum Gasteiger partial charge on any atom is 0.266 e. The van der Waals surface area contributed by atoms with Crippen molar-refractivity contribution in [3.05, 3.63) is 77.5 Å². The van der Waals surface area contributed by atoms with Gasteiger partial charge in [0.2, 0.25) is 10.0 Å². The number of nitrogens with two attached hydrogens (primary N) is 1. The number of hydrogen-bond donors (Lipinski definition) is 2. The van der Waals surface area contributed by atoms with Gasteiger partial charge in [0.05, 0.1) is 4.90 Å². The molecule has 30 heavy (non-hydrogen) atoms. The molecule has 7 nitrogen and oxygen atoms in total. The number of amides is 1. The normalized spacial score (nSPS) is 11.8. The van der Waals surface area contributed by atoms with Crippen molar-refractivity contribution in [1.29, 1.82) is 5.26 Å². The molecule has 0 unspecified atom stereocenters. The van der Waals surface area contributed by atoms with Crippen LogP contribution in [-0.4, -0.2) is 31.8 Å². The van der Waals surface area contributed by atoms with Gasteiger partial charge in [-0.2, -0.15) is 5.26 Å². The molecule has 0 saturated heterocycles. The number of nitrogens with zero attached hydrogens (tertiary/aromatic N) is 2. The predicted molar refractivity (Wildman–Crippen MR) is 115 cm³/mol. The summed E-state index contributed by atoms with van der Waals surface area (Å²) >= 11 is 0. The second-order valence-electron chi connectivity index (χ2n) is 7.08. The summed E-state index contributed by atoms with van der Waals surface area (Å²) in [5.41, 5.74) is 1.93. The molecule has 0 radical (unpaired) electrons. The number of sulfonamides is 1. The molecule has 0 spiro atoms. The first-order valence-corrected chi connectivity index (χ1v) is 11.1. The van der Waals surface area contributed by atoms with Gasteiger partial charge in [0.1, 0.15) is 11.6 Å². The lowest BCUT2D eigenvalue weighted by Crippen LogP contribution is -2.37. The molecule has 2 rings (SSSR count). The van der Waals surface area contributed by atoms with Crippen LogP contribution < -0.4 is 10.5 Å². The van der Waals surface area contributed by atoms with Crippen molar-refractivity contribution >= 4 is 15.9 Å². The highest BCUT2D eigenvalue weighted by Gasteiger charge is 2.21. The summed E-state index contributed by atoms with van der Waals surface area (Å²) in [6, 6.07) is 17.8. The summed E-state index contributed by atoms with van der Waals surface area (Å²) in [5, 5.41) is 17.5. The molecule has 0 atom stereocenters. The van der Waals surface area contributed by atoms with Crippen molar-refractivity contribution in [2.24, 2.45) is 5.14 Å². The van der Waals surface area contributed by atoms with Crippen molar-refractivity contribution in [3.8, 4) is 6.07 Å². The molecule has 2 aromatic carbocycles. The van der Waals surface area contributed by atoms with Crippen LogP contribution in [0.1, 0.15) is 25.0 Å². The smallest absolute Gasteiger partial charge is 0.266 e. The maximum atomic E-state index is 12.8. The van der Waals surface area contributed by atoms with E-state index in [1.165, 1.54) is 18.3 Å². The standard InChI is InChI=1S/C22H26N4O3S/c1-17(2)26(16-19-6-4-3-5-7-19)22(27)20(14-23)15-25-13-12-18-8-10-21(11-9-18)30(24,28)29/h3-11,15,17,25H,12-13,16H2,1-2H3,(H2,24,28,29)/b20-15-. The second-order valence-corrected chi connectivity index (χ2v) is 8.64. The fourth-order valence-corrected chi connectivity index (χ4v) is 3.32. The predicted octanol–water partition coefficient (Wildman–Crippen LogP) is 2.31. The number of rotatable bonds is 9. The average Bonchev–Trinajstić information content (AvgIpc) is 2.72. The average molecular weight is 427 g/mol. The molecular weight excluding hydrogens is 400 g/mol. The largest absolute Gasteiger partial charge is 0.389 e. The third-order valence-corrected chi connectivity index (χ3v) is 5.42. The maximum absolute atomic E-state index is 12.8. The Kier molecular flexibility index (Phi) is 8.16. The summed E-state index contributed by atoms with van der Waals surface area (Å²) in [7, 11) is -3.71. The summed E-state index contributed by atoms with van der Waals surface area (Å²) in [4.78, 5) is 14.6. The highest BCUT2D eigenvalue weighted by Crippen LogP contribution is 2.12. The first-order chi connectivity index (χ1) is 14.2. The van der Waals surface area contributed by atoms with Crippen LogP contribution in [0, 0.1) is 11.3 Å². The zero-order valence-corrected chi connectivity index (χ0v) is 17.9. The Bertz CT molecular complexity index is 1020. The van der Waals surface area contributed by atoms with Crippen LogP contribution in [0.25, 0.3) is 0 Å². The van der Waals surface area contributed by atoms with E-state index in [9.17, 15) is 18.5 Å². The van der Waals surface area contributed by atoms with E-state index in [4.69, 9.17) is 5.14 Å². The minimum atomic E-state index is -3.71. The lowest BCUT2D eigenvalue weighted by molar-refractivity contribution is -0.129. The number of nitriles is 1. The molecule has 1 amide bonds. The van der Waals surface area contributed by atoms with Gasteiger partial charge >= 0.3 is 0 Å². The third kappa shape index (κ3) is 6.72. The van der Waals surface area contributed by atoms with Crippen LogP contribution in [0.15, 0.2) is 71.3 Å². The zero-order chi connectivity index (χ0) is 22.1. The Hall–Kier alpha value is -3.15. The fourth-order valence-electron chi connectivity index (χ4n) is 2.80. The molecule has 0 heterocycles. The molecule has 0 bridgehead atoms. The van der Waals surface area contributed by atoms with Gasteiger partial charge in [-0.05, 0) is 43.5 Å². The summed E-state index contributed by atoms with van der Waals surface area (Å²) in [5.74, 6) is -0.332. The van der Waals surface area contributed by atoms with Crippen LogP contribution in [0.4, 0.5) is 0 Å². The van der Waals surface area contributed by atoms with E-state index < -0.39 is 10.0 Å². The van der Waals surface area contributed by atoms with Crippen LogP contribution in [0.3, 0.4) is 0 Å². The van der Waals surface area contributed by atoms with Gasteiger partial charge in [0, 0.05) is 25.3 Å². The summed E-state index contributed by atoms with van der Waals surface area (Å²) < 4.78 is 22.6. The van der Waals surface area contributed by atoms with Gasteiger partial charge in [-0.3, -0.25) is 4.79 Å². The number of hydrogen-bond acceptors (Lipinski definition) is 5. The van der Waals surface area contributed by atoms with Crippen molar-refractivity contribution < 1.29 is 13.2 Å². The Morgan fingerprint density at radius 1 is 1.13 bits per heavy atom. The van der Waals surface area contributed by atoms with Crippen molar-refractivity contribution in [3.63, 3.8) is 0 Å². The van der Waals surface area contributed by atoms with Crippen LogP contribution in [-0.2, 0) is 27.8 Å². The molecule has 8 heteroatoms. The number of nitrogens with one attached hydrogen (secondary N) is 1. The molecule has 0 aliphatic rings. The number of carbonyl (C=O) groups excluding carboxylic acids is 1. The molecule has 0 aliphatic carbocycles. The number of benzene rings is 2. The zero-order valence-electron chi connectivity index (χ0n) is 17.1. The first kappa shape index (κ1) is 23.1. The Labute approximate surface area is 177 Å². The van der Waals surface area contributed by atoms with Crippen molar-refractivity contribution in [2.75, 3.05) is 6.54 Å². The molecule has 0 fully saturated rings. The van der Waals surface area contributed by atoms with Gasteiger partial charge in [-0.25, -0.2) is 13.6 Å². The first-order valence-electron chi connectivity index (χ1n) is 9.52. The minimum absolute atomic E-state index is 0.0317. The monoisotopic (exact) mass is 426 g/mol. The molecule has 3 N–H and O–H groups in total. The third-order valence-electron chi connectivity index (χ3n) is 4.49. The molecule has 0 saturated carbocycles. The quantitative estimate of drug-likeness (QED) is 0.363. The van der Waals surface area contributed by atoms with Gasteiger partial charge in [0.15, 0.2) is 0 Å². The molecule has 0 aromatic heterocycles. The lowest BCUT2D eigenvalue weighted by Gasteiger charge is -2.26. The number of primary sulfonamides is 1. The van der Waals surface area contributed by atoms with Crippen molar-refractivity contribution in [2.45, 2.75) is 37.8 Å². The molecular formula is C22H26N4O3S. The highest BCUT2D eigenvalue weighted by molar-refractivity contribution is 7.89. The summed E-state index contributed by atoms with van der Waals surface area (Å²) in [6.07, 6.45) is 2.02. The Balaban J connectivity index is 1.98. The summed E-state index contributed by atoms with van der Waals surface area (Å²) in [6.45, 7) is 4.73. The SMILES string of the molecule is CC(C)N(Cc1ccccc1)C(=O)/C(C#N)=C\NCCc1ccc(S(N)(=O)=O)cc1. The van der Waals surface area contributed by atoms with Gasteiger partial charge in [0.25, 0.3) is 5.91 Å². The van der Waals surface area contributed by atoms with E-state index in [0.29, 0.717) is 19.5 Å². The van der Waals surface area contributed by atoms with Crippen LogP contribution >= 0.6 is 0 Å². The lowest BCUT2D eigenvalue weighted by atomic mass is 10.1. The van der Waals surface area contributed by atoms with E-state index >= 15 is 0 Å². The van der Waals surface area contributed by atoms with E-state index in [2.05, 4.69) is 5.32 Å². The molecule has 158 valence electrons. The van der Waals surface area contributed by atoms with Crippen LogP contribution in [0.2, 0.25) is 0 Å². The minimum Gasteiger partial charge on any atom is -0.389 e. The van der Waals surface area contributed by atoms with Crippen LogP contribution in [0.5, 0.6) is 0 Å². The van der Waals surface area contributed by atoms with E-state index in [1.807, 2.05) is 50.2 Å². The van der Waals surface area contributed by atoms with Crippen molar-refractivity contribution in [1.82, 2.24) is 10.2 Å². The molecule has 2 aromatic rings. The fraction of sp³-hybridized carbons (Fsp3) is 0.273. The van der Waals surface area contributed by atoms with Gasteiger partial charge in [-0.1, -0.05) is 42.5 Å². The van der Waals surface area contributed by atoms with E-state index in [1.54, 1.807) is 17.0 Å². The number of carbonyl (C=O) groups is 1. The Morgan fingerprint density at radius 3 is 2.30 bits per heavy atom. The second kappa shape index (κ2) is 10.6. The molecule has 0 aliphatic heterocycles. The highest BCUT2D eigenvalue weighted by atomic mass is 32.2.